The van der Waals surface area contributed by atoms with Gasteiger partial charge in [-0.15, -0.1) is 0 Å². The zero-order chi connectivity index (χ0) is 8.69. The highest BCUT2D eigenvalue weighted by molar-refractivity contribution is 5.83. The van der Waals surface area contributed by atoms with E-state index in [4.69, 9.17) is 0 Å². The first kappa shape index (κ1) is 9.69. The van der Waals surface area contributed by atoms with Crippen LogP contribution in [0, 0.1) is 0 Å². The van der Waals surface area contributed by atoms with E-state index in [1.165, 1.54) is 7.11 Å². The van der Waals surface area contributed by atoms with Crippen LogP contribution in [0.5, 0.6) is 0 Å². The Morgan fingerprint density at radius 3 is 2.36 bits per heavy atom. The molecule has 0 aromatic heterocycles. The maximum Gasteiger partial charge on any atom is 0.106 e. The van der Waals surface area contributed by atoms with Gasteiger partial charge in [-0.2, -0.15) is 0 Å². The van der Waals surface area contributed by atoms with Gasteiger partial charge in [0.15, 0.2) is 0 Å². The van der Waals surface area contributed by atoms with Gasteiger partial charge in [0.2, 0.25) is 0 Å². The molecule has 0 bridgehead atoms. The Morgan fingerprint density at radius 2 is 2.00 bits per heavy atom. The number of hydrogen-bond donors (Lipinski definition) is 0. The highest BCUT2D eigenvalue weighted by Gasteiger charge is 1.89. The Bertz CT molecular complexity index is 202. The summed E-state index contributed by atoms with van der Waals surface area (Å²) in [5.74, 6) is 0. The Hall–Kier alpha value is -1.31. The van der Waals surface area contributed by atoms with Crippen molar-refractivity contribution < 1.29 is 4.84 Å². The van der Waals surface area contributed by atoms with Crippen LogP contribution in [0.3, 0.4) is 0 Å². The number of rotatable bonds is 4. The van der Waals surface area contributed by atoms with Crippen molar-refractivity contribution in [2.24, 2.45) is 5.16 Å². The molecular formula is C9H13NO. The molecule has 0 aromatic carbocycles. The van der Waals surface area contributed by atoms with Crippen LogP contribution >= 0.6 is 0 Å². The number of hydrogen-bond acceptors (Lipinski definition) is 2. The van der Waals surface area contributed by atoms with E-state index in [1.807, 2.05) is 6.92 Å². The Kier molecular flexibility index (Phi) is 4.82. The first-order valence-electron chi connectivity index (χ1n) is 3.28. The molecule has 0 radical (unpaired) electrons. The Balaban J connectivity index is 4.51. The first-order chi connectivity index (χ1) is 5.26. The van der Waals surface area contributed by atoms with Crippen molar-refractivity contribution in [3.05, 3.63) is 36.5 Å². The minimum Gasteiger partial charge on any atom is -0.399 e. The molecule has 0 atom stereocenters. The summed E-state index contributed by atoms with van der Waals surface area (Å²) in [6.07, 6.45) is 5.06. The first-order valence-corrected chi connectivity index (χ1v) is 3.28. The van der Waals surface area contributed by atoms with Crippen molar-refractivity contribution >= 4 is 6.21 Å². The van der Waals surface area contributed by atoms with Crippen LogP contribution in [0.1, 0.15) is 6.92 Å². The number of allylic oxidation sites excluding steroid dienone is 4. The average molecular weight is 151 g/mol. The van der Waals surface area contributed by atoms with Crippen LogP contribution in [0.15, 0.2) is 41.6 Å². The summed E-state index contributed by atoms with van der Waals surface area (Å²) in [6.45, 7) is 9.20. The molecule has 0 aliphatic rings. The summed E-state index contributed by atoms with van der Waals surface area (Å²) in [4.78, 5) is 4.52. The zero-order valence-corrected chi connectivity index (χ0v) is 7.00. The van der Waals surface area contributed by atoms with E-state index in [-0.39, 0.29) is 0 Å². The van der Waals surface area contributed by atoms with Crippen LogP contribution in [0.4, 0.5) is 0 Å². The molecule has 0 rings (SSSR count). The monoisotopic (exact) mass is 151 g/mol. The normalized spacial score (nSPS) is 12.5. The fourth-order valence-electron chi connectivity index (χ4n) is 0.543. The van der Waals surface area contributed by atoms with Gasteiger partial charge < -0.3 is 4.84 Å². The second kappa shape index (κ2) is 5.47. The molecule has 0 amide bonds. The molecule has 0 saturated heterocycles. The Labute approximate surface area is 67.6 Å². The summed E-state index contributed by atoms with van der Waals surface area (Å²) in [5.41, 5.74) is 1.95. The van der Waals surface area contributed by atoms with Crippen molar-refractivity contribution in [2.75, 3.05) is 7.11 Å². The van der Waals surface area contributed by atoms with Crippen LogP contribution in [-0.2, 0) is 4.84 Å². The van der Waals surface area contributed by atoms with Crippen molar-refractivity contribution in [3.8, 4) is 0 Å². The minimum atomic E-state index is 0.918. The van der Waals surface area contributed by atoms with Gasteiger partial charge in [0.05, 0.1) is 6.21 Å². The smallest absolute Gasteiger partial charge is 0.106 e. The van der Waals surface area contributed by atoms with E-state index in [1.54, 1.807) is 18.4 Å². The van der Waals surface area contributed by atoms with E-state index in [0.29, 0.717) is 0 Å². The molecular weight excluding hydrogens is 138 g/mol. The molecule has 0 saturated carbocycles. The molecule has 0 fully saturated rings. The predicted octanol–water partition coefficient (Wildman–Crippen LogP) is 2.31. The van der Waals surface area contributed by atoms with Crippen LogP contribution in [0.25, 0.3) is 0 Å². The van der Waals surface area contributed by atoms with Crippen molar-refractivity contribution in [1.29, 1.82) is 0 Å². The van der Waals surface area contributed by atoms with Gasteiger partial charge in [-0.1, -0.05) is 30.5 Å². The van der Waals surface area contributed by atoms with Crippen molar-refractivity contribution in [3.63, 3.8) is 0 Å². The zero-order valence-electron chi connectivity index (χ0n) is 7.00. The molecule has 0 heterocycles. The lowest BCUT2D eigenvalue weighted by Gasteiger charge is -1.95. The van der Waals surface area contributed by atoms with Crippen molar-refractivity contribution in [1.82, 2.24) is 0 Å². The predicted molar refractivity (Wildman–Crippen MR) is 48.6 cm³/mol. The largest absolute Gasteiger partial charge is 0.399 e. The van der Waals surface area contributed by atoms with E-state index in [2.05, 4.69) is 23.2 Å². The third-order valence-corrected chi connectivity index (χ3v) is 1.28. The lowest BCUT2D eigenvalue weighted by Crippen LogP contribution is -1.84. The van der Waals surface area contributed by atoms with Crippen LogP contribution in [0.2, 0.25) is 0 Å². The van der Waals surface area contributed by atoms with Crippen LogP contribution < -0.4 is 0 Å². The van der Waals surface area contributed by atoms with Gasteiger partial charge in [-0.05, 0) is 18.1 Å². The van der Waals surface area contributed by atoms with Gasteiger partial charge in [0.25, 0.3) is 0 Å². The highest BCUT2D eigenvalue weighted by Crippen LogP contribution is 2.02. The molecule has 2 nitrogen and oxygen atoms in total. The molecule has 0 spiro atoms. The quantitative estimate of drug-likeness (QED) is 0.343. The lowest BCUT2D eigenvalue weighted by atomic mass is 10.1. The molecule has 0 N–H and O–H groups in total. The summed E-state index contributed by atoms with van der Waals surface area (Å²) >= 11 is 0. The molecule has 0 aliphatic carbocycles. The van der Waals surface area contributed by atoms with Gasteiger partial charge in [0.1, 0.15) is 7.11 Å². The van der Waals surface area contributed by atoms with Gasteiger partial charge in [0, 0.05) is 0 Å². The molecule has 0 aliphatic heterocycles. The molecule has 0 aromatic rings. The fraction of sp³-hybridized carbons (Fsp3) is 0.222. The molecule has 0 unspecified atom stereocenters. The topological polar surface area (TPSA) is 21.6 Å². The second-order valence-corrected chi connectivity index (χ2v) is 1.96. The number of nitrogens with zero attached hydrogens (tertiary/aromatic N) is 1. The Morgan fingerprint density at radius 1 is 1.36 bits per heavy atom. The fourth-order valence-corrected chi connectivity index (χ4v) is 0.543. The van der Waals surface area contributed by atoms with Gasteiger partial charge in [-0.25, -0.2) is 0 Å². The van der Waals surface area contributed by atoms with Gasteiger partial charge in [-0.3, -0.25) is 0 Å². The third-order valence-electron chi connectivity index (χ3n) is 1.28. The van der Waals surface area contributed by atoms with Crippen molar-refractivity contribution in [2.45, 2.75) is 6.92 Å². The molecule has 60 valence electrons. The maximum absolute atomic E-state index is 4.52. The summed E-state index contributed by atoms with van der Waals surface area (Å²) in [6, 6.07) is 0. The van der Waals surface area contributed by atoms with E-state index < -0.39 is 0 Å². The molecule has 11 heavy (non-hydrogen) atoms. The minimum absolute atomic E-state index is 0.918. The summed E-state index contributed by atoms with van der Waals surface area (Å²) in [5, 5.41) is 3.61. The SMILES string of the molecule is C=C/C(C)=C(C=C)/C=N/OC. The third kappa shape index (κ3) is 3.40. The maximum atomic E-state index is 4.52. The van der Waals surface area contributed by atoms with E-state index in [0.717, 1.165) is 11.1 Å². The van der Waals surface area contributed by atoms with Gasteiger partial charge >= 0.3 is 0 Å². The number of oxime groups is 1. The van der Waals surface area contributed by atoms with E-state index in [9.17, 15) is 0 Å². The second-order valence-electron chi connectivity index (χ2n) is 1.96. The van der Waals surface area contributed by atoms with Crippen LogP contribution in [-0.4, -0.2) is 13.3 Å². The summed E-state index contributed by atoms with van der Waals surface area (Å²) in [7, 11) is 1.50. The lowest BCUT2D eigenvalue weighted by molar-refractivity contribution is 0.215. The highest BCUT2D eigenvalue weighted by atomic mass is 16.6. The van der Waals surface area contributed by atoms with E-state index >= 15 is 0 Å². The molecule has 2 heteroatoms. The standard InChI is InChI=1S/C9H13NO/c1-5-8(3)9(6-2)7-10-11-4/h5-7H,1-2H2,3-4H3/b9-8+,10-7+. The summed E-state index contributed by atoms with van der Waals surface area (Å²) < 4.78 is 0. The average Bonchev–Trinajstić information content (AvgIpc) is 2.05.